The molecule has 0 spiro atoms. The summed E-state index contributed by atoms with van der Waals surface area (Å²) >= 11 is 3.44. The first-order chi connectivity index (χ1) is 7.66. The minimum Gasteiger partial charge on any atom is -0.325 e. The molecule has 2 N–H and O–H groups in total. The number of amides is 1. The largest absolute Gasteiger partial charge is 0.325 e. The molecule has 1 saturated heterocycles. The third-order valence-electron chi connectivity index (χ3n) is 2.80. The Balaban J connectivity index is 2.02. The van der Waals surface area contributed by atoms with Crippen molar-refractivity contribution in [3.05, 3.63) is 28.2 Å². The molecule has 1 aromatic carbocycles. The molecule has 0 radical (unpaired) electrons. The van der Waals surface area contributed by atoms with Gasteiger partial charge in [-0.2, -0.15) is 0 Å². The van der Waals surface area contributed by atoms with Crippen molar-refractivity contribution < 1.29 is 4.79 Å². The molecule has 16 heavy (non-hydrogen) atoms. The molecule has 3 nitrogen and oxygen atoms in total. The normalized spacial score (nSPS) is 19.8. The number of anilines is 1. The third kappa shape index (κ3) is 2.62. The molecule has 1 fully saturated rings. The van der Waals surface area contributed by atoms with Crippen LogP contribution in [0, 0.1) is 6.92 Å². The van der Waals surface area contributed by atoms with E-state index in [1.807, 2.05) is 25.1 Å². The van der Waals surface area contributed by atoms with Crippen molar-refractivity contribution >= 4 is 27.5 Å². The number of hydrogen-bond donors (Lipinski definition) is 2. The lowest BCUT2D eigenvalue weighted by molar-refractivity contribution is -0.117. The Bertz CT molecular complexity index is 400. The monoisotopic (exact) mass is 282 g/mol. The number of carbonyl (C=O) groups is 1. The Morgan fingerprint density at radius 2 is 2.38 bits per heavy atom. The van der Waals surface area contributed by atoms with Gasteiger partial charge in [-0.25, -0.2) is 0 Å². The third-order valence-corrected chi connectivity index (χ3v) is 3.69. The Hall–Kier alpha value is -0.870. The Morgan fingerprint density at radius 3 is 3.00 bits per heavy atom. The summed E-state index contributed by atoms with van der Waals surface area (Å²) in [4.78, 5) is 11.8. The van der Waals surface area contributed by atoms with E-state index >= 15 is 0 Å². The van der Waals surface area contributed by atoms with Crippen LogP contribution in [-0.2, 0) is 4.79 Å². The van der Waals surface area contributed by atoms with Gasteiger partial charge in [-0.15, -0.1) is 0 Å². The van der Waals surface area contributed by atoms with Gasteiger partial charge in [0.05, 0.1) is 6.04 Å². The fraction of sp³-hybridized carbons (Fsp3) is 0.417. The second kappa shape index (κ2) is 4.97. The van der Waals surface area contributed by atoms with Crippen LogP contribution in [0.4, 0.5) is 5.69 Å². The lowest BCUT2D eigenvalue weighted by Gasteiger charge is -2.11. The number of aryl methyl sites for hydroxylation is 1. The molecule has 0 bridgehead atoms. The van der Waals surface area contributed by atoms with Gasteiger partial charge in [0.15, 0.2) is 0 Å². The minimum atomic E-state index is -0.0241. The van der Waals surface area contributed by atoms with Gasteiger partial charge in [0, 0.05) is 10.2 Å². The molecule has 1 amide bonds. The van der Waals surface area contributed by atoms with Crippen molar-refractivity contribution in [2.75, 3.05) is 11.9 Å². The number of benzene rings is 1. The maximum absolute atomic E-state index is 11.8. The van der Waals surface area contributed by atoms with Gasteiger partial charge in [0.25, 0.3) is 0 Å². The molecule has 1 aromatic rings. The second-order valence-corrected chi connectivity index (χ2v) is 4.96. The lowest BCUT2D eigenvalue weighted by Crippen LogP contribution is -2.35. The van der Waals surface area contributed by atoms with E-state index in [9.17, 15) is 4.79 Å². The Morgan fingerprint density at radius 1 is 1.56 bits per heavy atom. The number of carbonyl (C=O) groups excluding carboxylic acids is 1. The quantitative estimate of drug-likeness (QED) is 0.875. The van der Waals surface area contributed by atoms with E-state index in [1.54, 1.807) is 0 Å². The van der Waals surface area contributed by atoms with Crippen LogP contribution in [0.1, 0.15) is 18.4 Å². The van der Waals surface area contributed by atoms with Crippen LogP contribution < -0.4 is 10.6 Å². The standard InChI is InChI=1S/C12H15BrN2O/c1-8-7-9(4-5-10(8)13)15-12(16)11-3-2-6-14-11/h4-5,7,11,14H,2-3,6H2,1H3,(H,15,16). The smallest absolute Gasteiger partial charge is 0.241 e. The molecular formula is C12H15BrN2O. The molecule has 86 valence electrons. The fourth-order valence-corrected chi connectivity index (χ4v) is 2.11. The molecule has 4 heteroatoms. The Labute approximate surface area is 104 Å². The first-order valence-corrected chi connectivity index (χ1v) is 6.26. The Kier molecular flexibility index (Phi) is 3.61. The van der Waals surface area contributed by atoms with E-state index in [0.717, 1.165) is 35.1 Å². The maximum Gasteiger partial charge on any atom is 0.241 e. The fourth-order valence-electron chi connectivity index (χ4n) is 1.86. The SMILES string of the molecule is Cc1cc(NC(=O)C2CCCN2)ccc1Br. The summed E-state index contributed by atoms with van der Waals surface area (Å²) in [5.74, 6) is 0.0687. The average Bonchev–Trinajstić information content (AvgIpc) is 2.77. The zero-order valence-electron chi connectivity index (χ0n) is 9.22. The van der Waals surface area contributed by atoms with E-state index in [1.165, 1.54) is 0 Å². The summed E-state index contributed by atoms with van der Waals surface area (Å²) in [6.07, 6.45) is 2.01. The predicted molar refractivity (Wildman–Crippen MR) is 68.5 cm³/mol. The zero-order valence-corrected chi connectivity index (χ0v) is 10.8. The highest BCUT2D eigenvalue weighted by atomic mass is 79.9. The molecule has 1 unspecified atom stereocenters. The van der Waals surface area contributed by atoms with Gasteiger partial charge in [0.2, 0.25) is 5.91 Å². The van der Waals surface area contributed by atoms with Gasteiger partial charge in [-0.3, -0.25) is 4.79 Å². The van der Waals surface area contributed by atoms with E-state index < -0.39 is 0 Å². The van der Waals surface area contributed by atoms with E-state index in [-0.39, 0.29) is 11.9 Å². The molecular weight excluding hydrogens is 268 g/mol. The van der Waals surface area contributed by atoms with Crippen molar-refractivity contribution in [3.63, 3.8) is 0 Å². The van der Waals surface area contributed by atoms with Gasteiger partial charge in [0.1, 0.15) is 0 Å². The van der Waals surface area contributed by atoms with Crippen LogP contribution in [0.25, 0.3) is 0 Å². The second-order valence-electron chi connectivity index (χ2n) is 4.10. The maximum atomic E-state index is 11.8. The van der Waals surface area contributed by atoms with Gasteiger partial charge >= 0.3 is 0 Å². The van der Waals surface area contributed by atoms with Crippen molar-refractivity contribution in [3.8, 4) is 0 Å². The lowest BCUT2D eigenvalue weighted by atomic mass is 10.2. The summed E-state index contributed by atoms with van der Waals surface area (Å²) < 4.78 is 1.06. The van der Waals surface area contributed by atoms with Gasteiger partial charge in [-0.05, 0) is 50.1 Å². The number of hydrogen-bond acceptors (Lipinski definition) is 2. The van der Waals surface area contributed by atoms with Gasteiger partial charge < -0.3 is 10.6 Å². The molecule has 0 aliphatic carbocycles. The predicted octanol–water partition coefficient (Wildman–Crippen LogP) is 2.45. The highest BCUT2D eigenvalue weighted by Gasteiger charge is 2.21. The number of halogens is 1. The van der Waals surface area contributed by atoms with Crippen LogP contribution in [0.3, 0.4) is 0 Å². The van der Waals surface area contributed by atoms with Crippen molar-refractivity contribution in [2.24, 2.45) is 0 Å². The molecule has 1 aliphatic rings. The summed E-state index contributed by atoms with van der Waals surface area (Å²) in [7, 11) is 0. The van der Waals surface area contributed by atoms with E-state index in [0.29, 0.717) is 0 Å². The highest BCUT2D eigenvalue weighted by Crippen LogP contribution is 2.20. The van der Waals surface area contributed by atoms with E-state index in [2.05, 4.69) is 26.6 Å². The van der Waals surface area contributed by atoms with Crippen molar-refractivity contribution in [1.82, 2.24) is 5.32 Å². The van der Waals surface area contributed by atoms with Crippen molar-refractivity contribution in [2.45, 2.75) is 25.8 Å². The average molecular weight is 283 g/mol. The summed E-state index contributed by atoms with van der Waals surface area (Å²) in [6.45, 7) is 2.95. The minimum absolute atomic E-state index is 0.0241. The molecule has 1 heterocycles. The van der Waals surface area contributed by atoms with Crippen LogP contribution in [0.5, 0.6) is 0 Å². The molecule has 0 aromatic heterocycles. The van der Waals surface area contributed by atoms with Crippen LogP contribution in [0.2, 0.25) is 0 Å². The first-order valence-electron chi connectivity index (χ1n) is 5.47. The number of rotatable bonds is 2. The van der Waals surface area contributed by atoms with Crippen LogP contribution >= 0.6 is 15.9 Å². The highest BCUT2D eigenvalue weighted by molar-refractivity contribution is 9.10. The molecule has 1 atom stereocenters. The van der Waals surface area contributed by atoms with Crippen LogP contribution in [0.15, 0.2) is 22.7 Å². The first kappa shape index (κ1) is 11.6. The van der Waals surface area contributed by atoms with Crippen LogP contribution in [-0.4, -0.2) is 18.5 Å². The molecule has 0 saturated carbocycles. The molecule has 2 rings (SSSR count). The zero-order chi connectivity index (χ0) is 11.5. The number of nitrogens with one attached hydrogen (secondary N) is 2. The summed E-state index contributed by atoms with van der Waals surface area (Å²) in [5, 5.41) is 6.11. The van der Waals surface area contributed by atoms with E-state index in [4.69, 9.17) is 0 Å². The molecule has 1 aliphatic heterocycles. The topological polar surface area (TPSA) is 41.1 Å². The summed E-state index contributed by atoms with van der Waals surface area (Å²) in [6, 6.07) is 5.80. The van der Waals surface area contributed by atoms with Gasteiger partial charge in [-0.1, -0.05) is 15.9 Å². The van der Waals surface area contributed by atoms with Crippen molar-refractivity contribution in [1.29, 1.82) is 0 Å². The summed E-state index contributed by atoms with van der Waals surface area (Å²) in [5.41, 5.74) is 1.98.